The van der Waals surface area contributed by atoms with Crippen molar-refractivity contribution in [2.75, 3.05) is 11.9 Å². The number of benzene rings is 1. The lowest BCUT2D eigenvalue weighted by molar-refractivity contribution is 1.24. The fraction of sp³-hybridized carbons (Fsp3) is 0.154. The van der Waals surface area contributed by atoms with Gasteiger partial charge in [0.2, 0.25) is 0 Å². The first-order valence-electron chi connectivity index (χ1n) is 5.19. The van der Waals surface area contributed by atoms with Crippen molar-refractivity contribution in [1.29, 1.82) is 0 Å². The van der Waals surface area contributed by atoms with Crippen LogP contribution in [0.25, 0.3) is 10.6 Å². The van der Waals surface area contributed by atoms with Crippen LogP contribution in [-0.2, 0) is 0 Å². The predicted molar refractivity (Wildman–Crippen MR) is 71.0 cm³/mol. The molecular formula is C13H14N2S. The lowest BCUT2D eigenvalue weighted by atomic mass is 10.2. The molecule has 0 spiro atoms. The molecule has 2 nitrogen and oxygen atoms in total. The van der Waals surface area contributed by atoms with Crippen LogP contribution in [0, 0.1) is 6.92 Å². The Bertz CT molecular complexity index is 474. The third-order valence-electron chi connectivity index (χ3n) is 2.22. The number of aryl methyl sites for hydroxylation is 1. The maximum absolute atomic E-state index is 4.56. The van der Waals surface area contributed by atoms with Crippen molar-refractivity contribution in [3.05, 3.63) is 48.7 Å². The summed E-state index contributed by atoms with van der Waals surface area (Å²) in [5.41, 5.74) is 2.22. The van der Waals surface area contributed by atoms with Crippen LogP contribution in [0.1, 0.15) is 5.69 Å². The zero-order valence-electron chi connectivity index (χ0n) is 9.23. The van der Waals surface area contributed by atoms with Gasteiger partial charge in [0.15, 0.2) is 0 Å². The average molecular weight is 230 g/mol. The second-order valence-corrected chi connectivity index (χ2v) is 4.47. The van der Waals surface area contributed by atoms with E-state index in [1.165, 1.54) is 5.56 Å². The Labute approximate surface area is 99.7 Å². The van der Waals surface area contributed by atoms with Gasteiger partial charge in [0.05, 0.1) is 5.69 Å². The molecule has 0 aliphatic heterocycles. The number of nitrogens with one attached hydrogen (secondary N) is 1. The van der Waals surface area contributed by atoms with Crippen molar-refractivity contribution in [2.45, 2.75) is 6.92 Å². The molecule has 0 unspecified atom stereocenters. The molecule has 2 rings (SSSR count). The highest BCUT2D eigenvalue weighted by molar-refractivity contribution is 7.19. The Morgan fingerprint density at radius 2 is 2.12 bits per heavy atom. The molecule has 1 aromatic heterocycles. The molecule has 1 heterocycles. The van der Waals surface area contributed by atoms with Crippen LogP contribution < -0.4 is 5.32 Å². The fourth-order valence-electron chi connectivity index (χ4n) is 1.43. The van der Waals surface area contributed by atoms with E-state index < -0.39 is 0 Å². The summed E-state index contributed by atoms with van der Waals surface area (Å²) in [6.07, 6.45) is 1.85. The minimum atomic E-state index is 0.775. The van der Waals surface area contributed by atoms with Crippen molar-refractivity contribution in [3.8, 4) is 10.6 Å². The van der Waals surface area contributed by atoms with E-state index in [1.807, 2.05) is 31.2 Å². The van der Waals surface area contributed by atoms with Crippen LogP contribution in [0.15, 0.2) is 43.0 Å². The molecule has 16 heavy (non-hydrogen) atoms. The van der Waals surface area contributed by atoms with Crippen LogP contribution in [0.2, 0.25) is 0 Å². The molecule has 0 bridgehead atoms. The fourth-order valence-corrected chi connectivity index (χ4v) is 2.41. The van der Waals surface area contributed by atoms with Crippen molar-refractivity contribution < 1.29 is 0 Å². The number of thiazole rings is 1. The molecule has 0 saturated heterocycles. The highest BCUT2D eigenvalue weighted by Crippen LogP contribution is 2.31. The van der Waals surface area contributed by atoms with E-state index >= 15 is 0 Å². The maximum atomic E-state index is 4.56. The molecule has 82 valence electrons. The second-order valence-electron chi connectivity index (χ2n) is 3.47. The first-order chi connectivity index (χ1) is 7.81. The van der Waals surface area contributed by atoms with Gasteiger partial charge in [-0.3, -0.25) is 0 Å². The summed E-state index contributed by atoms with van der Waals surface area (Å²) in [4.78, 5) is 4.56. The summed E-state index contributed by atoms with van der Waals surface area (Å²) in [6.45, 7) is 6.49. The molecule has 0 aliphatic rings. The van der Waals surface area contributed by atoms with E-state index in [2.05, 4.69) is 29.0 Å². The lowest BCUT2D eigenvalue weighted by Gasteiger charge is -1.97. The molecule has 0 radical (unpaired) electrons. The van der Waals surface area contributed by atoms with Gasteiger partial charge in [-0.25, -0.2) is 4.98 Å². The van der Waals surface area contributed by atoms with Crippen molar-refractivity contribution in [3.63, 3.8) is 0 Å². The van der Waals surface area contributed by atoms with Gasteiger partial charge in [-0.1, -0.05) is 47.7 Å². The van der Waals surface area contributed by atoms with E-state index in [4.69, 9.17) is 0 Å². The lowest BCUT2D eigenvalue weighted by Crippen LogP contribution is -1.96. The van der Waals surface area contributed by atoms with Crippen molar-refractivity contribution >= 4 is 16.3 Å². The van der Waals surface area contributed by atoms with Crippen LogP contribution >= 0.6 is 11.3 Å². The van der Waals surface area contributed by atoms with Gasteiger partial charge in [-0.15, -0.1) is 6.58 Å². The summed E-state index contributed by atoms with van der Waals surface area (Å²) in [7, 11) is 0. The first-order valence-corrected chi connectivity index (χ1v) is 6.00. The number of aromatic nitrogens is 1. The highest BCUT2D eigenvalue weighted by Gasteiger charge is 2.07. The molecule has 3 heteroatoms. The standard InChI is InChI=1S/C13H14N2S/c1-3-9-14-12-10(2)15-13(16-12)11-7-5-4-6-8-11/h3-8,14H,1,9H2,2H3. The smallest absolute Gasteiger partial charge is 0.125 e. The molecule has 0 fully saturated rings. The maximum Gasteiger partial charge on any atom is 0.125 e. The van der Waals surface area contributed by atoms with E-state index in [0.29, 0.717) is 0 Å². The van der Waals surface area contributed by atoms with Crippen LogP contribution in [0.3, 0.4) is 0 Å². The van der Waals surface area contributed by atoms with Crippen LogP contribution in [0.5, 0.6) is 0 Å². The number of hydrogen-bond acceptors (Lipinski definition) is 3. The first kappa shape index (κ1) is 10.9. The van der Waals surface area contributed by atoms with Gasteiger partial charge >= 0.3 is 0 Å². The zero-order chi connectivity index (χ0) is 11.4. The number of nitrogens with zero attached hydrogens (tertiary/aromatic N) is 1. The number of anilines is 1. The third kappa shape index (κ3) is 2.31. The van der Waals surface area contributed by atoms with Crippen LogP contribution in [-0.4, -0.2) is 11.5 Å². The van der Waals surface area contributed by atoms with Crippen molar-refractivity contribution in [2.24, 2.45) is 0 Å². The van der Waals surface area contributed by atoms with Crippen molar-refractivity contribution in [1.82, 2.24) is 4.98 Å². The second kappa shape index (κ2) is 4.94. The summed E-state index contributed by atoms with van der Waals surface area (Å²) in [6, 6.07) is 10.2. The largest absolute Gasteiger partial charge is 0.372 e. The zero-order valence-corrected chi connectivity index (χ0v) is 10.1. The summed E-state index contributed by atoms with van der Waals surface area (Å²) < 4.78 is 0. The highest BCUT2D eigenvalue weighted by atomic mass is 32.1. The summed E-state index contributed by atoms with van der Waals surface area (Å²) in [5, 5.41) is 5.47. The van der Waals surface area contributed by atoms with Crippen LogP contribution in [0.4, 0.5) is 5.00 Å². The molecule has 2 aromatic rings. The Kier molecular flexibility index (Phi) is 3.37. The number of hydrogen-bond donors (Lipinski definition) is 1. The van der Waals surface area contributed by atoms with Gasteiger partial charge in [-0.2, -0.15) is 0 Å². The topological polar surface area (TPSA) is 24.9 Å². The molecule has 0 saturated carbocycles. The minimum Gasteiger partial charge on any atom is -0.372 e. The Morgan fingerprint density at radius 3 is 2.81 bits per heavy atom. The van der Waals surface area contributed by atoms with Gasteiger partial charge in [0.25, 0.3) is 0 Å². The molecule has 0 amide bonds. The van der Waals surface area contributed by atoms with E-state index in [1.54, 1.807) is 11.3 Å². The van der Waals surface area contributed by atoms with E-state index in [0.717, 1.165) is 22.2 Å². The molecular weight excluding hydrogens is 216 g/mol. The van der Waals surface area contributed by atoms with E-state index in [-0.39, 0.29) is 0 Å². The Hall–Kier alpha value is -1.61. The normalized spacial score (nSPS) is 10.1. The van der Waals surface area contributed by atoms with Gasteiger partial charge in [0, 0.05) is 12.1 Å². The Morgan fingerprint density at radius 1 is 1.38 bits per heavy atom. The molecule has 0 aliphatic carbocycles. The van der Waals surface area contributed by atoms with Gasteiger partial charge in [0.1, 0.15) is 10.0 Å². The third-order valence-corrected chi connectivity index (χ3v) is 3.39. The quantitative estimate of drug-likeness (QED) is 0.810. The number of rotatable bonds is 4. The van der Waals surface area contributed by atoms with Gasteiger partial charge < -0.3 is 5.32 Å². The van der Waals surface area contributed by atoms with E-state index in [9.17, 15) is 0 Å². The predicted octanol–water partition coefficient (Wildman–Crippen LogP) is 3.72. The average Bonchev–Trinajstić information content (AvgIpc) is 2.69. The minimum absolute atomic E-state index is 0.775. The monoisotopic (exact) mass is 230 g/mol. The summed E-state index contributed by atoms with van der Waals surface area (Å²) >= 11 is 1.68. The molecule has 0 atom stereocenters. The molecule has 1 N–H and O–H groups in total. The van der Waals surface area contributed by atoms with Gasteiger partial charge in [-0.05, 0) is 6.92 Å². The Balaban J connectivity index is 2.27. The summed E-state index contributed by atoms with van der Waals surface area (Å²) in [5.74, 6) is 0. The SMILES string of the molecule is C=CCNc1sc(-c2ccccc2)nc1C. The molecule has 1 aromatic carbocycles.